The molecule has 0 bridgehead atoms. The van der Waals surface area contributed by atoms with Crippen LogP contribution in [0.15, 0.2) is 10.6 Å². The van der Waals surface area contributed by atoms with E-state index in [2.05, 4.69) is 39.0 Å². The minimum Gasteiger partial charge on any atom is -0.412 e. The summed E-state index contributed by atoms with van der Waals surface area (Å²) in [4.78, 5) is 15.2. The van der Waals surface area contributed by atoms with E-state index in [4.69, 9.17) is 20.1 Å². The zero-order chi connectivity index (χ0) is 21.4. The molecular weight excluding hydrogens is 372 g/mol. The van der Waals surface area contributed by atoms with Gasteiger partial charge >= 0.3 is 0 Å². The van der Waals surface area contributed by atoms with E-state index in [1.54, 1.807) is 4.90 Å². The van der Waals surface area contributed by atoms with Gasteiger partial charge in [0.05, 0.1) is 17.8 Å². The second-order valence-electron chi connectivity index (χ2n) is 9.79. The summed E-state index contributed by atoms with van der Waals surface area (Å²) in [6.07, 6.45) is 0.455. The van der Waals surface area contributed by atoms with E-state index in [9.17, 15) is 4.79 Å². The van der Waals surface area contributed by atoms with E-state index in [1.165, 1.54) is 0 Å². The van der Waals surface area contributed by atoms with Crippen LogP contribution in [0.5, 0.6) is 0 Å². The Morgan fingerprint density at radius 1 is 1.43 bits per heavy atom. The van der Waals surface area contributed by atoms with Gasteiger partial charge < -0.3 is 19.6 Å². The molecule has 8 heteroatoms. The summed E-state index contributed by atoms with van der Waals surface area (Å²) >= 11 is 0. The van der Waals surface area contributed by atoms with E-state index >= 15 is 0 Å². The summed E-state index contributed by atoms with van der Waals surface area (Å²) < 4.78 is 11.9. The third-order valence-corrected chi connectivity index (χ3v) is 10.6. The maximum atomic E-state index is 13.5. The molecular formula is C20H36N4O3Si. The molecule has 0 radical (unpaired) electrons. The lowest BCUT2D eigenvalue weighted by Gasteiger charge is -2.38. The van der Waals surface area contributed by atoms with Gasteiger partial charge in [-0.3, -0.25) is 10.2 Å². The molecule has 3 atom stereocenters. The van der Waals surface area contributed by atoms with Gasteiger partial charge in [-0.2, -0.15) is 0 Å². The Morgan fingerprint density at radius 2 is 2.04 bits per heavy atom. The summed E-state index contributed by atoms with van der Waals surface area (Å²) in [5, 5.41) is 12.0. The highest BCUT2D eigenvalue weighted by Crippen LogP contribution is 2.39. The van der Waals surface area contributed by atoms with Crippen molar-refractivity contribution in [1.82, 2.24) is 10.1 Å². The fourth-order valence-corrected chi connectivity index (χ4v) is 4.82. The van der Waals surface area contributed by atoms with Crippen molar-refractivity contribution < 1.29 is 13.7 Å². The minimum atomic E-state index is -1.99. The highest BCUT2D eigenvalue weighted by Gasteiger charge is 2.46. The van der Waals surface area contributed by atoms with Crippen LogP contribution in [0, 0.1) is 18.3 Å². The number of amides is 1. The van der Waals surface area contributed by atoms with Gasteiger partial charge in [-0.05, 0) is 31.0 Å². The first-order valence-electron chi connectivity index (χ1n) is 10.00. The van der Waals surface area contributed by atoms with Crippen molar-refractivity contribution in [2.24, 2.45) is 11.7 Å². The molecule has 1 aromatic heterocycles. The van der Waals surface area contributed by atoms with Crippen LogP contribution in [0.25, 0.3) is 0 Å². The van der Waals surface area contributed by atoms with Gasteiger partial charge in [-0.1, -0.05) is 39.8 Å². The monoisotopic (exact) mass is 408 g/mol. The largest absolute Gasteiger partial charge is 0.412 e. The molecule has 1 aliphatic rings. The lowest BCUT2D eigenvalue weighted by atomic mass is 9.91. The van der Waals surface area contributed by atoms with Crippen LogP contribution < -0.4 is 5.73 Å². The van der Waals surface area contributed by atoms with Gasteiger partial charge in [0, 0.05) is 19.0 Å². The van der Waals surface area contributed by atoms with Crippen molar-refractivity contribution in [3.63, 3.8) is 0 Å². The molecule has 1 aromatic rings. The number of carbonyl (C=O) groups excluding carboxylic acids is 1. The number of nitrogens with two attached hydrogens (primary N) is 1. The van der Waals surface area contributed by atoms with E-state index in [0.29, 0.717) is 18.7 Å². The van der Waals surface area contributed by atoms with E-state index in [1.807, 2.05) is 26.8 Å². The average molecular weight is 409 g/mol. The summed E-state index contributed by atoms with van der Waals surface area (Å²) in [7, 11) is -1.99. The quantitative estimate of drug-likeness (QED) is 0.424. The van der Waals surface area contributed by atoms with Crippen LogP contribution in [0.1, 0.15) is 58.4 Å². The molecule has 0 aromatic carbocycles. The Balaban J connectivity index is 2.26. The number of aryl methyl sites for hydroxylation is 1. The number of amidine groups is 1. The molecule has 0 saturated carbocycles. The van der Waals surface area contributed by atoms with Crippen LogP contribution in [0.3, 0.4) is 0 Å². The minimum absolute atomic E-state index is 0.00550. The molecule has 0 aliphatic carbocycles. The summed E-state index contributed by atoms with van der Waals surface area (Å²) in [5.41, 5.74) is 6.61. The molecule has 1 amide bonds. The van der Waals surface area contributed by atoms with E-state index < -0.39 is 20.3 Å². The Morgan fingerprint density at radius 3 is 2.46 bits per heavy atom. The number of hydrogen-bond acceptors (Lipinski definition) is 5. The molecule has 1 saturated heterocycles. The number of nitrogens with zero attached hydrogens (tertiary/aromatic N) is 2. The molecule has 2 heterocycles. The summed E-state index contributed by atoms with van der Waals surface area (Å²) in [6, 6.07) is 1.37. The fraction of sp³-hybridized carbons (Fsp3) is 0.750. The number of aromatic nitrogens is 1. The predicted molar refractivity (Wildman–Crippen MR) is 113 cm³/mol. The Labute approximate surface area is 169 Å². The molecule has 0 spiro atoms. The van der Waals surface area contributed by atoms with Crippen molar-refractivity contribution in [3.05, 3.63) is 17.5 Å². The van der Waals surface area contributed by atoms with Gasteiger partial charge in [0.25, 0.3) is 0 Å². The number of rotatable bonds is 6. The summed E-state index contributed by atoms with van der Waals surface area (Å²) in [6.45, 7) is 17.3. The standard InChI is InChI=1S/C20H36N4O3Si/c1-12(2)17(16-9-13(3)23-26-16)19(25)24-11-14(10-15(24)18(21)22)27-28(7,8)20(4,5)6/h9,12,14-15,17H,10-11H2,1-8H3,(H3,21,22)/t14-,15+,17?/m1/s1. The predicted octanol–water partition coefficient (Wildman–Crippen LogP) is 3.65. The average Bonchev–Trinajstić information content (AvgIpc) is 3.12. The van der Waals surface area contributed by atoms with Gasteiger partial charge in [-0.15, -0.1) is 0 Å². The van der Waals surface area contributed by atoms with Crippen LogP contribution in [-0.2, 0) is 9.22 Å². The molecule has 1 aliphatic heterocycles. The highest BCUT2D eigenvalue weighted by atomic mass is 28.4. The number of nitrogens with one attached hydrogen (secondary N) is 1. The van der Waals surface area contributed by atoms with E-state index in [-0.39, 0.29) is 28.8 Å². The topological polar surface area (TPSA) is 105 Å². The van der Waals surface area contributed by atoms with Crippen LogP contribution in [-0.4, -0.2) is 48.8 Å². The van der Waals surface area contributed by atoms with Gasteiger partial charge in [0.1, 0.15) is 17.5 Å². The molecule has 158 valence electrons. The van der Waals surface area contributed by atoms with Crippen molar-refractivity contribution >= 4 is 20.1 Å². The van der Waals surface area contributed by atoms with Crippen molar-refractivity contribution in [2.75, 3.05) is 6.54 Å². The van der Waals surface area contributed by atoms with Crippen LogP contribution in [0.2, 0.25) is 18.1 Å². The fourth-order valence-electron chi connectivity index (χ4n) is 3.46. The molecule has 28 heavy (non-hydrogen) atoms. The first kappa shape index (κ1) is 22.6. The normalized spacial score (nSPS) is 22.0. The molecule has 3 N–H and O–H groups in total. The smallest absolute Gasteiger partial charge is 0.234 e. The third-order valence-electron chi connectivity index (χ3n) is 6.06. The first-order valence-corrected chi connectivity index (χ1v) is 12.9. The molecule has 7 nitrogen and oxygen atoms in total. The number of hydrogen-bond donors (Lipinski definition) is 2. The second kappa shape index (κ2) is 7.98. The Kier molecular flexibility index (Phi) is 6.45. The van der Waals surface area contributed by atoms with Gasteiger partial charge in [0.15, 0.2) is 8.32 Å². The van der Waals surface area contributed by atoms with Gasteiger partial charge in [0.2, 0.25) is 5.91 Å². The van der Waals surface area contributed by atoms with Crippen LogP contribution >= 0.6 is 0 Å². The lowest BCUT2D eigenvalue weighted by molar-refractivity contribution is -0.134. The zero-order valence-corrected chi connectivity index (χ0v) is 19.5. The third kappa shape index (κ3) is 4.65. The van der Waals surface area contributed by atoms with E-state index in [0.717, 1.165) is 5.69 Å². The van der Waals surface area contributed by atoms with Crippen molar-refractivity contribution in [1.29, 1.82) is 5.41 Å². The number of carbonyl (C=O) groups is 1. The summed E-state index contributed by atoms with van der Waals surface area (Å²) in [5.74, 6) is 0.0784. The van der Waals surface area contributed by atoms with Gasteiger partial charge in [-0.25, -0.2) is 0 Å². The van der Waals surface area contributed by atoms with Crippen LogP contribution in [0.4, 0.5) is 0 Å². The van der Waals surface area contributed by atoms with Crippen molar-refractivity contribution in [3.8, 4) is 0 Å². The maximum Gasteiger partial charge on any atom is 0.234 e. The molecule has 1 fully saturated rings. The number of likely N-dealkylation sites (tertiary alicyclic amines) is 1. The molecule has 1 unspecified atom stereocenters. The Bertz CT molecular complexity index is 723. The first-order chi connectivity index (χ1) is 12.7. The van der Waals surface area contributed by atoms with Crippen molar-refractivity contribution in [2.45, 2.75) is 84.2 Å². The molecule has 2 rings (SSSR count). The maximum absolute atomic E-state index is 13.5. The highest BCUT2D eigenvalue weighted by molar-refractivity contribution is 6.74. The SMILES string of the molecule is Cc1cc(C(C(=O)N2C[C@H](O[Si](C)(C)C(C)(C)C)C[C@H]2C(=N)N)C(C)C)on1. The lowest BCUT2D eigenvalue weighted by Crippen LogP contribution is -2.46. The second-order valence-corrected chi connectivity index (χ2v) is 14.5. The Hall–Kier alpha value is -1.67. The zero-order valence-electron chi connectivity index (χ0n) is 18.5.